The minimum atomic E-state index is 0.0993. The maximum atomic E-state index is 5.80. The molecule has 1 atom stereocenters. The maximum Gasteiger partial charge on any atom is 0.161 e. The fourth-order valence-electron chi connectivity index (χ4n) is 2.15. The van der Waals surface area contributed by atoms with Crippen molar-refractivity contribution in [1.29, 1.82) is 0 Å². The lowest BCUT2D eigenvalue weighted by Crippen LogP contribution is -2.27. The first-order valence-electron chi connectivity index (χ1n) is 6.25. The van der Waals surface area contributed by atoms with Gasteiger partial charge in [0.2, 0.25) is 0 Å². The summed E-state index contributed by atoms with van der Waals surface area (Å²) in [5.41, 5.74) is 2.38. The Balaban J connectivity index is 2.21. The van der Waals surface area contributed by atoms with E-state index in [4.69, 9.17) is 14.2 Å². The van der Waals surface area contributed by atoms with Gasteiger partial charge < -0.3 is 19.5 Å². The highest BCUT2D eigenvalue weighted by molar-refractivity contribution is 5.49. The number of benzene rings is 1. The van der Waals surface area contributed by atoms with Crippen LogP contribution in [0.5, 0.6) is 11.5 Å². The third-order valence-electron chi connectivity index (χ3n) is 3.14. The van der Waals surface area contributed by atoms with Crippen molar-refractivity contribution in [2.24, 2.45) is 0 Å². The predicted octanol–water partition coefficient (Wildman–Crippen LogP) is 2.27. The van der Waals surface area contributed by atoms with Crippen molar-refractivity contribution < 1.29 is 14.2 Å². The lowest BCUT2D eigenvalue weighted by molar-refractivity contribution is 0.0646. The largest absolute Gasteiger partial charge is 0.493 e. The lowest BCUT2D eigenvalue weighted by atomic mass is 10.0. The van der Waals surface area contributed by atoms with Crippen molar-refractivity contribution in [2.75, 3.05) is 20.8 Å². The lowest BCUT2D eigenvalue weighted by Gasteiger charge is -2.16. The van der Waals surface area contributed by atoms with E-state index in [0.29, 0.717) is 12.6 Å². The van der Waals surface area contributed by atoms with Gasteiger partial charge in [0.15, 0.2) is 11.5 Å². The van der Waals surface area contributed by atoms with E-state index in [-0.39, 0.29) is 6.10 Å². The summed E-state index contributed by atoms with van der Waals surface area (Å²) >= 11 is 0. The smallest absolute Gasteiger partial charge is 0.161 e. The van der Waals surface area contributed by atoms with Crippen molar-refractivity contribution in [3.05, 3.63) is 23.3 Å². The van der Waals surface area contributed by atoms with Crippen molar-refractivity contribution in [1.82, 2.24) is 5.32 Å². The summed E-state index contributed by atoms with van der Waals surface area (Å²) in [5.74, 6) is 1.52. The van der Waals surface area contributed by atoms with Gasteiger partial charge in [-0.05, 0) is 23.3 Å². The molecule has 1 aliphatic rings. The van der Waals surface area contributed by atoms with Crippen LogP contribution in [0.15, 0.2) is 12.1 Å². The number of nitrogens with one attached hydrogen (secondary N) is 1. The van der Waals surface area contributed by atoms with Crippen LogP contribution >= 0.6 is 0 Å². The van der Waals surface area contributed by atoms with Crippen molar-refractivity contribution >= 4 is 0 Å². The summed E-state index contributed by atoms with van der Waals surface area (Å²) in [4.78, 5) is 0. The molecule has 100 valence electrons. The average molecular weight is 251 g/mol. The molecule has 0 aliphatic carbocycles. The van der Waals surface area contributed by atoms with Gasteiger partial charge in [0.25, 0.3) is 0 Å². The predicted molar refractivity (Wildman–Crippen MR) is 70.2 cm³/mol. The number of ether oxygens (including phenoxy) is 3. The van der Waals surface area contributed by atoms with Gasteiger partial charge in [0, 0.05) is 12.6 Å². The van der Waals surface area contributed by atoms with Crippen LogP contribution in [-0.4, -0.2) is 26.8 Å². The van der Waals surface area contributed by atoms with Gasteiger partial charge in [-0.2, -0.15) is 0 Å². The molecule has 0 saturated heterocycles. The molecule has 1 aliphatic heterocycles. The van der Waals surface area contributed by atoms with E-state index in [0.717, 1.165) is 18.0 Å². The Labute approximate surface area is 108 Å². The van der Waals surface area contributed by atoms with Gasteiger partial charge >= 0.3 is 0 Å². The number of rotatable bonds is 5. The molecule has 2 rings (SSSR count). The fourth-order valence-corrected chi connectivity index (χ4v) is 2.15. The van der Waals surface area contributed by atoms with E-state index in [9.17, 15) is 0 Å². The second kappa shape index (κ2) is 5.59. The van der Waals surface area contributed by atoms with Gasteiger partial charge in [0.1, 0.15) is 0 Å². The minimum absolute atomic E-state index is 0.0993. The van der Waals surface area contributed by atoms with Crippen LogP contribution in [0.3, 0.4) is 0 Å². The quantitative estimate of drug-likeness (QED) is 0.871. The highest BCUT2D eigenvalue weighted by Crippen LogP contribution is 2.38. The Hall–Kier alpha value is -1.26. The van der Waals surface area contributed by atoms with E-state index in [1.54, 1.807) is 14.2 Å². The van der Waals surface area contributed by atoms with E-state index in [1.807, 2.05) is 12.1 Å². The van der Waals surface area contributed by atoms with Crippen LogP contribution in [0, 0.1) is 0 Å². The molecule has 1 aromatic carbocycles. The van der Waals surface area contributed by atoms with Gasteiger partial charge in [-0.3, -0.25) is 0 Å². The Morgan fingerprint density at radius 2 is 1.94 bits per heavy atom. The summed E-state index contributed by atoms with van der Waals surface area (Å²) in [7, 11) is 3.30. The molecule has 0 amide bonds. The molecule has 0 bridgehead atoms. The Kier molecular flexibility index (Phi) is 4.09. The molecule has 1 N–H and O–H groups in total. The number of hydrogen-bond donors (Lipinski definition) is 1. The van der Waals surface area contributed by atoms with E-state index in [1.165, 1.54) is 11.1 Å². The number of hydrogen-bond acceptors (Lipinski definition) is 4. The molecule has 0 spiro atoms. The monoisotopic (exact) mass is 251 g/mol. The minimum Gasteiger partial charge on any atom is -0.493 e. The van der Waals surface area contributed by atoms with Gasteiger partial charge in [-0.15, -0.1) is 0 Å². The second-order valence-electron chi connectivity index (χ2n) is 4.77. The van der Waals surface area contributed by atoms with E-state index < -0.39 is 0 Å². The molecule has 4 heteroatoms. The molecule has 0 radical (unpaired) electrons. The first-order valence-corrected chi connectivity index (χ1v) is 6.25. The Morgan fingerprint density at radius 3 is 2.56 bits per heavy atom. The zero-order valence-electron chi connectivity index (χ0n) is 11.4. The average Bonchev–Trinajstić information content (AvgIpc) is 2.76. The van der Waals surface area contributed by atoms with Crippen LogP contribution < -0.4 is 14.8 Å². The highest BCUT2D eigenvalue weighted by Gasteiger charge is 2.25. The molecular formula is C14H21NO3. The Bertz CT molecular complexity index is 418. The molecule has 0 saturated carbocycles. The van der Waals surface area contributed by atoms with Crippen LogP contribution in [0.4, 0.5) is 0 Å². The number of methoxy groups -OCH3 is 2. The number of fused-ring (bicyclic) bond motifs is 1. The summed E-state index contributed by atoms with van der Waals surface area (Å²) in [5, 5.41) is 3.40. The highest BCUT2D eigenvalue weighted by atomic mass is 16.5. The van der Waals surface area contributed by atoms with Crippen LogP contribution in [-0.2, 0) is 11.3 Å². The molecule has 18 heavy (non-hydrogen) atoms. The molecule has 0 fully saturated rings. The topological polar surface area (TPSA) is 39.7 Å². The molecule has 4 nitrogen and oxygen atoms in total. The molecular weight excluding hydrogens is 230 g/mol. The Morgan fingerprint density at radius 1 is 1.28 bits per heavy atom. The normalized spacial score (nSPS) is 17.9. The van der Waals surface area contributed by atoms with Crippen molar-refractivity contribution in [2.45, 2.75) is 32.6 Å². The first-order chi connectivity index (χ1) is 8.65. The zero-order valence-corrected chi connectivity index (χ0v) is 11.4. The van der Waals surface area contributed by atoms with E-state index in [2.05, 4.69) is 19.2 Å². The third kappa shape index (κ3) is 2.60. The molecule has 1 heterocycles. The fraction of sp³-hybridized carbons (Fsp3) is 0.571. The summed E-state index contributed by atoms with van der Waals surface area (Å²) in [6.45, 7) is 5.72. The molecule has 1 aromatic rings. The SMILES string of the molecule is COc1cc2c(cc1OC)C(CNC(C)C)OC2. The van der Waals surface area contributed by atoms with Crippen LogP contribution in [0.2, 0.25) is 0 Å². The maximum absolute atomic E-state index is 5.80. The van der Waals surface area contributed by atoms with Gasteiger partial charge in [-0.1, -0.05) is 13.8 Å². The summed E-state index contributed by atoms with van der Waals surface area (Å²) < 4.78 is 16.4. The zero-order chi connectivity index (χ0) is 13.1. The summed E-state index contributed by atoms with van der Waals surface area (Å²) in [6.07, 6.45) is 0.0993. The summed E-state index contributed by atoms with van der Waals surface area (Å²) in [6, 6.07) is 4.48. The third-order valence-corrected chi connectivity index (χ3v) is 3.14. The first kappa shape index (κ1) is 13.2. The molecule has 1 unspecified atom stereocenters. The molecule has 0 aromatic heterocycles. The second-order valence-corrected chi connectivity index (χ2v) is 4.77. The van der Waals surface area contributed by atoms with Crippen LogP contribution in [0.1, 0.15) is 31.1 Å². The van der Waals surface area contributed by atoms with Crippen LogP contribution in [0.25, 0.3) is 0 Å². The van der Waals surface area contributed by atoms with Gasteiger partial charge in [-0.25, -0.2) is 0 Å². The standard InChI is InChI=1S/C14H21NO3/c1-9(2)15-7-14-11-6-13(17-4)12(16-3)5-10(11)8-18-14/h5-6,9,14-15H,7-8H2,1-4H3. The van der Waals surface area contributed by atoms with Crippen molar-refractivity contribution in [3.8, 4) is 11.5 Å². The van der Waals surface area contributed by atoms with E-state index >= 15 is 0 Å². The van der Waals surface area contributed by atoms with Crippen molar-refractivity contribution in [3.63, 3.8) is 0 Å². The van der Waals surface area contributed by atoms with Gasteiger partial charge in [0.05, 0.1) is 26.9 Å².